The van der Waals surface area contributed by atoms with E-state index >= 15 is 0 Å². The van der Waals surface area contributed by atoms with E-state index < -0.39 is 17.8 Å². The monoisotopic (exact) mass is 302 g/mol. The van der Waals surface area contributed by atoms with Crippen LogP contribution in [0.4, 0.5) is 13.2 Å². The number of aliphatic hydroxyl groups excluding tert-OH is 1. The average Bonchev–Trinajstić information content (AvgIpc) is 2.81. The van der Waals surface area contributed by atoms with E-state index in [-0.39, 0.29) is 18.2 Å². The van der Waals surface area contributed by atoms with Gasteiger partial charge in [-0.25, -0.2) is 0 Å². The van der Waals surface area contributed by atoms with Crippen molar-refractivity contribution < 1.29 is 23.1 Å². The molecule has 0 aliphatic carbocycles. The van der Waals surface area contributed by atoms with Crippen LogP contribution in [0, 0.1) is 5.92 Å². The third-order valence-electron chi connectivity index (χ3n) is 3.51. The van der Waals surface area contributed by atoms with Crippen LogP contribution < -0.4 is 10.6 Å². The van der Waals surface area contributed by atoms with Crippen molar-refractivity contribution in [3.8, 4) is 0 Å². The molecule has 1 heterocycles. The van der Waals surface area contributed by atoms with Gasteiger partial charge in [-0.05, 0) is 17.7 Å². The number of halogens is 3. The standard InChI is InChI=1S/C14H17F3N2O2/c15-14(16,17)11-3-1-9(2-4-11)5-13(21)19-7-10-6-18-8-12(10)20/h1-4,10,12,18,20H,5-8H2,(H,19,21). The fraction of sp³-hybridized carbons (Fsp3) is 0.500. The summed E-state index contributed by atoms with van der Waals surface area (Å²) in [6.45, 7) is 1.51. The highest BCUT2D eigenvalue weighted by atomic mass is 19.4. The lowest BCUT2D eigenvalue weighted by Gasteiger charge is -2.14. The molecule has 1 amide bonds. The van der Waals surface area contributed by atoms with Gasteiger partial charge in [-0.1, -0.05) is 12.1 Å². The van der Waals surface area contributed by atoms with E-state index in [1.54, 1.807) is 0 Å². The summed E-state index contributed by atoms with van der Waals surface area (Å²) in [6, 6.07) is 4.53. The first kappa shape index (κ1) is 15.8. The van der Waals surface area contributed by atoms with Crippen molar-refractivity contribution >= 4 is 5.91 Å². The number of aliphatic hydroxyl groups is 1. The molecule has 1 aliphatic rings. The van der Waals surface area contributed by atoms with Crippen LogP contribution in [0.25, 0.3) is 0 Å². The highest BCUT2D eigenvalue weighted by Gasteiger charge is 2.30. The summed E-state index contributed by atoms with van der Waals surface area (Å²) in [5.74, 6) is -0.296. The Morgan fingerprint density at radius 3 is 2.48 bits per heavy atom. The molecule has 7 heteroatoms. The molecule has 0 radical (unpaired) electrons. The molecule has 2 atom stereocenters. The Hall–Kier alpha value is -1.60. The summed E-state index contributed by atoms with van der Waals surface area (Å²) in [7, 11) is 0. The molecule has 1 fully saturated rings. The van der Waals surface area contributed by atoms with Crippen molar-refractivity contribution in [1.29, 1.82) is 0 Å². The Balaban J connectivity index is 1.82. The molecule has 1 aromatic rings. The van der Waals surface area contributed by atoms with Crippen LogP contribution in [0.15, 0.2) is 24.3 Å². The van der Waals surface area contributed by atoms with Gasteiger partial charge in [-0.3, -0.25) is 4.79 Å². The molecule has 1 aromatic carbocycles. The molecule has 0 saturated carbocycles. The molecule has 0 spiro atoms. The fourth-order valence-electron chi connectivity index (χ4n) is 2.23. The lowest BCUT2D eigenvalue weighted by atomic mass is 10.1. The van der Waals surface area contributed by atoms with Gasteiger partial charge >= 0.3 is 6.18 Å². The van der Waals surface area contributed by atoms with Gasteiger partial charge in [0.25, 0.3) is 0 Å². The minimum Gasteiger partial charge on any atom is -0.391 e. The Morgan fingerprint density at radius 1 is 1.29 bits per heavy atom. The summed E-state index contributed by atoms with van der Waals surface area (Å²) in [4.78, 5) is 11.7. The lowest BCUT2D eigenvalue weighted by Crippen LogP contribution is -2.35. The van der Waals surface area contributed by atoms with Gasteiger partial charge in [0.1, 0.15) is 0 Å². The molecular weight excluding hydrogens is 285 g/mol. The number of benzene rings is 1. The zero-order valence-electron chi connectivity index (χ0n) is 11.3. The number of nitrogens with one attached hydrogen (secondary N) is 2. The van der Waals surface area contributed by atoms with Gasteiger partial charge in [0.05, 0.1) is 18.1 Å². The third kappa shape index (κ3) is 4.44. The SMILES string of the molecule is O=C(Cc1ccc(C(F)(F)F)cc1)NCC1CNCC1O. The maximum Gasteiger partial charge on any atom is 0.416 e. The first-order valence-electron chi connectivity index (χ1n) is 6.68. The van der Waals surface area contributed by atoms with Crippen LogP contribution >= 0.6 is 0 Å². The molecule has 2 rings (SSSR count). The van der Waals surface area contributed by atoms with Crippen molar-refractivity contribution in [3.05, 3.63) is 35.4 Å². The van der Waals surface area contributed by atoms with E-state index in [9.17, 15) is 23.1 Å². The summed E-state index contributed by atoms with van der Waals surface area (Å²) >= 11 is 0. The number of carbonyl (C=O) groups is 1. The normalized spacial score (nSPS) is 22.3. The second kappa shape index (κ2) is 6.44. The van der Waals surface area contributed by atoms with Crippen LogP contribution in [0.1, 0.15) is 11.1 Å². The third-order valence-corrected chi connectivity index (χ3v) is 3.51. The Labute approximate surface area is 120 Å². The van der Waals surface area contributed by atoms with Crippen molar-refractivity contribution in [2.24, 2.45) is 5.92 Å². The molecule has 2 unspecified atom stereocenters. The van der Waals surface area contributed by atoms with Crippen LogP contribution in [0.5, 0.6) is 0 Å². The second-order valence-electron chi connectivity index (χ2n) is 5.16. The van der Waals surface area contributed by atoms with Crippen LogP contribution in [-0.2, 0) is 17.4 Å². The van der Waals surface area contributed by atoms with Crippen LogP contribution in [0.2, 0.25) is 0 Å². The molecule has 21 heavy (non-hydrogen) atoms. The van der Waals surface area contributed by atoms with Crippen molar-refractivity contribution in [2.75, 3.05) is 19.6 Å². The number of β-amino-alcohol motifs (C(OH)–C–C–N with tert-alkyl or cyclic N) is 1. The van der Waals surface area contributed by atoms with Crippen LogP contribution in [0.3, 0.4) is 0 Å². The number of rotatable bonds is 4. The summed E-state index contributed by atoms with van der Waals surface area (Å²) < 4.78 is 37.2. The number of amides is 1. The van der Waals surface area contributed by atoms with E-state index in [1.807, 2.05) is 0 Å². The summed E-state index contributed by atoms with van der Waals surface area (Å²) in [6.07, 6.45) is -4.82. The molecular formula is C14H17F3N2O2. The van der Waals surface area contributed by atoms with Gasteiger partial charge in [0, 0.05) is 25.6 Å². The maximum atomic E-state index is 12.4. The maximum absolute atomic E-state index is 12.4. The number of hydrogen-bond donors (Lipinski definition) is 3. The zero-order chi connectivity index (χ0) is 15.5. The van der Waals surface area contributed by atoms with E-state index in [4.69, 9.17) is 0 Å². The Bertz CT molecular complexity index is 488. The fourth-order valence-corrected chi connectivity index (χ4v) is 2.23. The topological polar surface area (TPSA) is 61.4 Å². The molecule has 116 valence electrons. The lowest BCUT2D eigenvalue weighted by molar-refractivity contribution is -0.137. The van der Waals surface area contributed by atoms with Crippen LogP contribution in [-0.4, -0.2) is 36.8 Å². The van der Waals surface area contributed by atoms with Gasteiger partial charge in [-0.2, -0.15) is 13.2 Å². The van der Waals surface area contributed by atoms with E-state index in [0.717, 1.165) is 12.1 Å². The summed E-state index contributed by atoms with van der Waals surface area (Å²) in [5, 5.41) is 15.3. The Morgan fingerprint density at radius 2 is 1.95 bits per heavy atom. The highest BCUT2D eigenvalue weighted by Crippen LogP contribution is 2.29. The number of hydrogen-bond acceptors (Lipinski definition) is 3. The molecule has 1 saturated heterocycles. The minimum absolute atomic E-state index is 0.0222. The van der Waals surface area contributed by atoms with Gasteiger partial charge in [0.15, 0.2) is 0 Å². The predicted molar refractivity (Wildman–Crippen MR) is 70.5 cm³/mol. The molecule has 0 aromatic heterocycles. The summed E-state index contributed by atoms with van der Waals surface area (Å²) in [5.41, 5.74) is -0.211. The number of alkyl halides is 3. The van der Waals surface area contributed by atoms with Crippen molar-refractivity contribution in [1.82, 2.24) is 10.6 Å². The van der Waals surface area contributed by atoms with Gasteiger partial charge in [0.2, 0.25) is 5.91 Å². The molecule has 0 bridgehead atoms. The predicted octanol–water partition coefficient (Wildman–Crippen LogP) is 0.944. The van der Waals surface area contributed by atoms with Gasteiger partial charge < -0.3 is 15.7 Å². The van der Waals surface area contributed by atoms with Crippen molar-refractivity contribution in [2.45, 2.75) is 18.7 Å². The number of carbonyl (C=O) groups excluding carboxylic acids is 1. The van der Waals surface area contributed by atoms with Gasteiger partial charge in [-0.15, -0.1) is 0 Å². The zero-order valence-corrected chi connectivity index (χ0v) is 11.3. The largest absolute Gasteiger partial charge is 0.416 e. The molecule has 1 aliphatic heterocycles. The first-order valence-corrected chi connectivity index (χ1v) is 6.68. The quantitative estimate of drug-likeness (QED) is 0.776. The minimum atomic E-state index is -4.37. The molecule has 3 N–H and O–H groups in total. The molecule has 4 nitrogen and oxygen atoms in total. The second-order valence-corrected chi connectivity index (χ2v) is 5.16. The van der Waals surface area contributed by atoms with E-state index in [2.05, 4.69) is 10.6 Å². The van der Waals surface area contributed by atoms with Crippen molar-refractivity contribution in [3.63, 3.8) is 0 Å². The first-order chi connectivity index (χ1) is 9.86. The smallest absolute Gasteiger partial charge is 0.391 e. The Kier molecular flexibility index (Phi) is 4.84. The van der Waals surface area contributed by atoms with E-state index in [0.29, 0.717) is 25.2 Å². The average molecular weight is 302 g/mol. The highest BCUT2D eigenvalue weighted by molar-refractivity contribution is 5.78. The van der Waals surface area contributed by atoms with E-state index in [1.165, 1.54) is 12.1 Å².